The van der Waals surface area contributed by atoms with Crippen LogP contribution in [0.15, 0.2) is 18.7 Å². The molecule has 3 rings (SSSR count). The molecule has 8 heteroatoms. The lowest BCUT2D eigenvalue weighted by atomic mass is 9.77. The summed E-state index contributed by atoms with van der Waals surface area (Å²) in [6.07, 6.45) is 3.56. The number of morpholine rings is 1. The van der Waals surface area contributed by atoms with E-state index in [0.29, 0.717) is 50.2 Å². The number of hydrogen-bond acceptors (Lipinski definition) is 7. The van der Waals surface area contributed by atoms with Crippen LogP contribution < -0.4 is 15.5 Å². The van der Waals surface area contributed by atoms with E-state index in [1.54, 1.807) is 12.1 Å². The minimum absolute atomic E-state index is 0.390. The van der Waals surface area contributed by atoms with Gasteiger partial charge in [0.15, 0.2) is 0 Å². The van der Waals surface area contributed by atoms with Gasteiger partial charge in [0.2, 0.25) is 5.95 Å². The number of nitrogens with two attached hydrogens (primary N) is 1. The molecule has 1 aromatic rings. The lowest BCUT2D eigenvalue weighted by Gasteiger charge is -2.40. The van der Waals surface area contributed by atoms with Crippen molar-refractivity contribution in [2.75, 3.05) is 54.9 Å². The number of hydrogen-bond donors (Lipinski definition) is 2. The monoisotopic (exact) mass is 347 g/mol. The van der Waals surface area contributed by atoms with Crippen LogP contribution in [0.2, 0.25) is 0 Å². The van der Waals surface area contributed by atoms with Crippen LogP contribution in [0, 0.1) is 5.41 Å². The predicted octanol–water partition coefficient (Wildman–Crippen LogP) is 1.14. The van der Waals surface area contributed by atoms with E-state index >= 15 is 0 Å². The zero-order valence-corrected chi connectivity index (χ0v) is 14.4. The minimum Gasteiger partial charge on any atom is -0.481 e. The number of aromatic nitrogens is 2. The Morgan fingerprint density at radius 3 is 2.80 bits per heavy atom. The SMILES string of the molecule is C=CCC1(C(=O)O)CCCN(c2cc(N)nc(N3CCOCC3)n2)C1. The highest BCUT2D eigenvalue weighted by Crippen LogP contribution is 2.36. The van der Waals surface area contributed by atoms with E-state index < -0.39 is 11.4 Å². The van der Waals surface area contributed by atoms with Crippen LogP contribution >= 0.6 is 0 Å². The number of nitrogen functional groups attached to an aromatic ring is 1. The number of carboxylic acid groups (broad SMARTS) is 1. The van der Waals surface area contributed by atoms with Crippen molar-refractivity contribution in [1.29, 1.82) is 0 Å². The van der Waals surface area contributed by atoms with Crippen LogP contribution in [0.3, 0.4) is 0 Å². The van der Waals surface area contributed by atoms with Crippen LogP contribution in [0.25, 0.3) is 0 Å². The van der Waals surface area contributed by atoms with E-state index in [0.717, 1.165) is 26.1 Å². The molecule has 2 aliphatic heterocycles. The highest BCUT2D eigenvalue weighted by molar-refractivity contribution is 5.76. The van der Waals surface area contributed by atoms with Gasteiger partial charge in [-0.15, -0.1) is 6.58 Å². The van der Waals surface area contributed by atoms with Crippen molar-refractivity contribution in [1.82, 2.24) is 9.97 Å². The highest BCUT2D eigenvalue weighted by Gasteiger charge is 2.41. The molecule has 3 heterocycles. The van der Waals surface area contributed by atoms with E-state index in [9.17, 15) is 9.90 Å². The van der Waals surface area contributed by atoms with Crippen molar-refractivity contribution in [3.8, 4) is 0 Å². The fourth-order valence-electron chi connectivity index (χ4n) is 3.54. The van der Waals surface area contributed by atoms with Crippen molar-refractivity contribution in [2.45, 2.75) is 19.3 Å². The highest BCUT2D eigenvalue weighted by atomic mass is 16.5. The van der Waals surface area contributed by atoms with Gasteiger partial charge in [-0.1, -0.05) is 6.08 Å². The number of rotatable bonds is 5. The number of aliphatic carboxylic acids is 1. The number of carbonyl (C=O) groups is 1. The molecule has 0 amide bonds. The third-order valence-corrected chi connectivity index (χ3v) is 4.90. The van der Waals surface area contributed by atoms with E-state index in [4.69, 9.17) is 10.5 Å². The van der Waals surface area contributed by atoms with Crippen LogP contribution in [-0.4, -0.2) is 60.4 Å². The second-order valence-electron chi connectivity index (χ2n) is 6.65. The summed E-state index contributed by atoms with van der Waals surface area (Å²) in [5, 5.41) is 9.74. The standard InChI is InChI=1S/C17H25N5O3/c1-2-4-17(15(23)24)5-3-6-22(12-17)14-11-13(18)19-16(20-14)21-7-9-25-10-8-21/h2,11H,1,3-10,12H2,(H,23,24)(H2,18,19,20). The summed E-state index contributed by atoms with van der Waals surface area (Å²) in [5.41, 5.74) is 5.17. The number of carboxylic acids is 1. The largest absolute Gasteiger partial charge is 0.481 e. The zero-order chi connectivity index (χ0) is 17.9. The molecule has 0 radical (unpaired) electrons. The molecule has 136 valence electrons. The van der Waals surface area contributed by atoms with E-state index in [1.165, 1.54) is 0 Å². The number of anilines is 3. The second kappa shape index (κ2) is 7.26. The topological polar surface area (TPSA) is 105 Å². The smallest absolute Gasteiger partial charge is 0.311 e. The zero-order valence-electron chi connectivity index (χ0n) is 14.4. The number of ether oxygens (including phenoxy) is 1. The van der Waals surface area contributed by atoms with Crippen LogP contribution in [0.4, 0.5) is 17.6 Å². The molecule has 0 aromatic carbocycles. The summed E-state index contributed by atoms with van der Waals surface area (Å²) < 4.78 is 5.36. The Morgan fingerprint density at radius 1 is 1.36 bits per heavy atom. The van der Waals surface area contributed by atoms with E-state index in [2.05, 4.69) is 16.5 Å². The van der Waals surface area contributed by atoms with Crippen LogP contribution in [-0.2, 0) is 9.53 Å². The molecule has 2 saturated heterocycles. The van der Waals surface area contributed by atoms with Gasteiger partial charge in [-0.25, -0.2) is 0 Å². The van der Waals surface area contributed by atoms with Crippen molar-refractivity contribution in [2.24, 2.45) is 5.41 Å². The summed E-state index contributed by atoms with van der Waals surface area (Å²) in [7, 11) is 0. The first-order valence-corrected chi connectivity index (χ1v) is 8.60. The summed E-state index contributed by atoms with van der Waals surface area (Å²) in [6.45, 7) is 7.59. The Morgan fingerprint density at radius 2 is 2.12 bits per heavy atom. The molecule has 2 fully saturated rings. The molecule has 25 heavy (non-hydrogen) atoms. The van der Waals surface area contributed by atoms with Gasteiger partial charge >= 0.3 is 5.97 Å². The van der Waals surface area contributed by atoms with Gasteiger partial charge in [-0.2, -0.15) is 9.97 Å². The van der Waals surface area contributed by atoms with Crippen molar-refractivity contribution in [3.63, 3.8) is 0 Å². The summed E-state index contributed by atoms with van der Waals surface area (Å²) >= 11 is 0. The maximum absolute atomic E-state index is 11.9. The number of nitrogens with zero attached hydrogens (tertiary/aromatic N) is 4. The van der Waals surface area contributed by atoms with Gasteiger partial charge in [0.05, 0.1) is 18.6 Å². The minimum atomic E-state index is -0.821. The van der Waals surface area contributed by atoms with Crippen molar-refractivity contribution < 1.29 is 14.6 Å². The first-order valence-electron chi connectivity index (χ1n) is 8.60. The maximum atomic E-state index is 11.9. The Balaban J connectivity index is 1.86. The molecule has 1 unspecified atom stereocenters. The summed E-state index contributed by atoms with van der Waals surface area (Å²) in [6, 6.07) is 1.72. The lowest BCUT2D eigenvalue weighted by Crippen LogP contribution is -2.48. The second-order valence-corrected chi connectivity index (χ2v) is 6.65. The average Bonchev–Trinajstić information content (AvgIpc) is 2.62. The Labute approximate surface area is 147 Å². The molecule has 3 N–H and O–H groups in total. The molecule has 1 aromatic heterocycles. The average molecular weight is 347 g/mol. The quantitative estimate of drug-likeness (QED) is 0.764. The predicted molar refractivity (Wildman–Crippen MR) is 95.8 cm³/mol. The fourth-order valence-corrected chi connectivity index (χ4v) is 3.54. The Hall–Kier alpha value is -2.35. The molecule has 8 nitrogen and oxygen atoms in total. The molecule has 0 aliphatic carbocycles. The fraction of sp³-hybridized carbons (Fsp3) is 0.588. The normalized spacial score (nSPS) is 24.2. The molecular formula is C17H25N5O3. The van der Waals surface area contributed by atoms with E-state index in [1.807, 2.05) is 9.80 Å². The molecule has 0 saturated carbocycles. The van der Waals surface area contributed by atoms with Crippen molar-refractivity contribution >= 4 is 23.6 Å². The molecule has 2 aliphatic rings. The maximum Gasteiger partial charge on any atom is 0.311 e. The number of piperidine rings is 1. The molecule has 1 atom stereocenters. The van der Waals surface area contributed by atoms with Crippen molar-refractivity contribution in [3.05, 3.63) is 18.7 Å². The molecule has 0 spiro atoms. The van der Waals surface area contributed by atoms with Gasteiger partial charge in [-0.05, 0) is 19.3 Å². The van der Waals surface area contributed by atoms with E-state index in [-0.39, 0.29) is 0 Å². The molecule has 0 bridgehead atoms. The lowest BCUT2D eigenvalue weighted by molar-refractivity contribution is -0.149. The van der Waals surface area contributed by atoms with Crippen LogP contribution in [0.5, 0.6) is 0 Å². The Kier molecular flexibility index (Phi) is 5.08. The summed E-state index contributed by atoms with van der Waals surface area (Å²) in [5.74, 6) is 0.867. The van der Waals surface area contributed by atoms with Gasteiger partial charge in [-0.3, -0.25) is 4.79 Å². The first kappa shape index (κ1) is 17.5. The van der Waals surface area contributed by atoms with Gasteiger partial charge in [0, 0.05) is 32.2 Å². The van der Waals surface area contributed by atoms with Crippen LogP contribution in [0.1, 0.15) is 19.3 Å². The van der Waals surface area contributed by atoms with Gasteiger partial charge < -0.3 is 25.4 Å². The Bertz CT molecular complexity index is 647. The van der Waals surface area contributed by atoms with Gasteiger partial charge in [0.25, 0.3) is 0 Å². The molecular weight excluding hydrogens is 322 g/mol. The number of allylic oxidation sites excluding steroid dienone is 1. The third kappa shape index (κ3) is 3.68. The first-order chi connectivity index (χ1) is 12.0. The van der Waals surface area contributed by atoms with Gasteiger partial charge in [0.1, 0.15) is 11.6 Å². The summed E-state index contributed by atoms with van der Waals surface area (Å²) in [4.78, 5) is 24.9. The third-order valence-electron chi connectivity index (χ3n) is 4.90.